The molecule has 0 aliphatic carbocycles. The average Bonchev–Trinajstić information content (AvgIpc) is 2.69. The quantitative estimate of drug-likeness (QED) is 0.802. The van der Waals surface area contributed by atoms with E-state index in [9.17, 15) is 4.21 Å². The number of benzene rings is 1. The molecule has 1 heterocycles. The molecule has 0 aliphatic rings. The summed E-state index contributed by atoms with van der Waals surface area (Å²) in [6.45, 7) is 11.2. The Balaban J connectivity index is 2.87. The van der Waals surface area contributed by atoms with Crippen molar-refractivity contribution < 1.29 is 8.63 Å². The zero-order valence-electron chi connectivity index (χ0n) is 13.2. The van der Waals surface area contributed by atoms with E-state index in [0.29, 0.717) is 17.0 Å². The Kier molecular flexibility index (Phi) is 3.66. The molecule has 0 aliphatic heterocycles. The largest absolute Gasteiger partial charge is 0.439 e. The van der Waals surface area contributed by atoms with Gasteiger partial charge in [-0.15, -0.1) is 0 Å². The Morgan fingerprint density at radius 2 is 1.76 bits per heavy atom. The second-order valence-electron chi connectivity index (χ2n) is 7.16. The molecule has 0 saturated carbocycles. The number of rotatable bonds is 1. The summed E-state index contributed by atoms with van der Waals surface area (Å²) in [5, 5.41) is 0.286. The monoisotopic (exact) mass is 328 g/mol. The topological polar surface area (TPSA) is 67.0 Å². The molecular formula is C15H21ClN2O2S. The van der Waals surface area contributed by atoms with Crippen LogP contribution in [0.1, 0.15) is 47.4 Å². The van der Waals surface area contributed by atoms with Crippen LogP contribution in [0.15, 0.2) is 21.4 Å². The van der Waals surface area contributed by atoms with E-state index in [1.54, 1.807) is 32.9 Å². The third kappa shape index (κ3) is 2.69. The van der Waals surface area contributed by atoms with Gasteiger partial charge in [-0.1, -0.05) is 32.4 Å². The molecular weight excluding hydrogens is 308 g/mol. The van der Waals surface area contributed by atoms with Crippen molar-refractivity contribution in [2.75, 3.05) is 0 Å². The predicted molar refractivity (Wildman–Crippen MR) is 86.6 cm³/mol. The first kappa shape index (κ1) is 16.3. The summed E-state index contributed by atoms with van der Waals surface area (Å²) >= 11 is 6.23. The third-order valence-corrected chi connectivity index (χ3v) is 6.39. The number of halogens is 1. The van der Waals surface area contributed by atoms with Crippen molar-refractivity contribution in [3.63, 3.8) is 0 Å². The van der Waals surface area contributed by atoms with Crippen LogP contribution in [-0.2, 0) is 15.1 Å². The second kappa shape index (κ2) is 4.71. The van der Waals surface area contributed by atoms with Crippen molar-refractivity contribution in [1.29, 1.82) is 4.78 Å². The molecule has 116 valence electrons. The highest BCUT2D eigenvalue weighted by atomic mass is 35.5. The molecule has 1 atom stereocenters. The standard InChI is InChI=1S/C15H21ClN2O2S/c1-14(2,3)13-18-10-8-7-9(16)12(11(10)20-13)21(17,19)15(4,5)6/h7-8,17H,1-6H3. The van der Waals surface area contributed by atoms with Gasteiger partial charge in [-0.05, 0) is 32.9 Å². The normalized spacial score (nSPS) is 16.1. The molecule has 0 spiro atoms. The molecule has 0 fully saturated rings. The van der Waals surface area contributed by atoms with Crippen LogP contribution < -0.4 is 0 Å². The van der Waals surface area contributed by atoms with Gasteiger partial charge in [-0.2, -0.15) is 0 Å². The first-order chi connectivity index (χ1) is 9.35. The summed E-state index contributed by atoms with van der Waals surface area (Å²) in [5.41, 5.74) is 0.679. The van der Waals surface area contributed by atoms with E-state index >= 15 is 0 Å². The lowest BCUT2D eigenvalue weighted by atomic mass is 9.97. The molecule has 1 aromatic carbocycles. The first-order valence-electron chi connectivity index (χ1n) is 6.73. The number of nitrogens with one attached hydrogen (secondary N) is 1. The molecule has 1 unspecified atom stereocenters. The molecule has 21 heavy (non-hydrogen) atoms. The van der Waals surface area contributed by atoms with Gasteiger partial charge in [0.2, 0.25) is 5.89 Å². The minimum atomic E-state index is -3.13. The molecule has 4 nitrogen and oxygen atoms in total. The van der Waals surface area contributed by atoms with Crippen molar-refractivity contribution in [3.05, 3.63) is 23.0 Å². The van der Waals surface area contributed by atoms with Gasteiger partial charge >= 0.3 is 0 Å². The van der Waals surface area contributed by atoms with Gasteiger partial charge in [0.05, 0.1) is 19.5 Å². The van der Waals surface area contributed by atoms with Gasteiger partial charge in [0, 0.05) is 5.41 Å². The van der Waals surface area contributed by atoms with E-state index in [-0.39, 0.29) is 15.3 Å². The molecule has 6 heteroatoms. The van der Waals surface area contributed by atoms with Gasteiger partial charge in [-0.25, -0.2) is 14.0 Å². The summed E-state index contributed by atoms with van der Waals surface area (Å²) in [6, 6.07) is 3.37. The van der Waals surface area contributed by atoms with Crippen molar-refractivity contribution in [2.45, 2.75) is 56.6 Å². The molecule has 0 saturated heterocycles. The fourth-order valence-electron chi connectivity index (χ4n) is 1.84. The molecule has 0 radical (unpaired) electrons. The highest BCUT2D eigenvalue weighted by Gasteiger charge is 2.33. The molecule has 2 aromatic rings. The van der Waals surface area contributed by atoms with Crippen LogP contribution in [0.25, 0.3) is 11.1 Å². The Morgan fingerprint density at radius 1 is 1.19 bits per heavy atom. The van der Waals surface area contributed by atoms with Gasteiger partial charge in [0.25, 0.3) is 0 Å². The molecule has 1 aromatic heterocycles. The van der Waals surface area contributed by atoms with Crippen LogP contribution >= 0.6 is 11.6 Å². The number of oxazole rings is 1. The fourth-order valence-corrected chi connectivity index (χ4v) is 3.68. The number of aromatic nitrogens is 1. The Labute approximate surface area is 130 Å². The van der Waals surface area contributed by atoms with E-state index in [1.807, 2.05) is 20.8 Å². The van der Waals surface area contributed by atoms with E-state index in [4.69, 9.17) is 20.8 Å². The number of hydrogen-bond acceptors (Lipinski definition) is 4. The van der Waals surface area contributed by atoms with Crippen LogP contribution in [0.5, 0.6) is 0 Å². The van der Waals surface area contributed by atoms with Gasteiger partial charge < -0.3 is 4.42 Å². The summed E-state index contributed by atoms with van der Waals surface area (Å²) in [7, 11) is -3.13. The lowest BCUT2D eigenvalue weighted by molar-refractivity contribution is 0.408. The molecule has 0 amide bonds. The Bertz CT molecular complexity index is 793. The van der Waals surface area contributed by atoms with Crippen LogP contribution in [0.3, 0.4) is 0 Å². The maximum absolute atomic E-state index is 13.0. The highest BCUT2D eigenvalue weighted by Crippen LogP contribution is 2.38. The molecule has 1 N–H and O–H groups in total. The van der Waals surface area contributed by atoms with Crippen LogP contribution in [0.4, 0.5) is 0 Å². The lowest BCUT2D eigenvalue weighted by Gasteiger charge is -2.23. The maximum Gasteiger partial charge on any atom is 0.200 e. The van der Waals surface area contributed by atoms with Crippen LogP contribution in [0, 0.1) is 4.78 Å². The summed E-state index contributed by atoms with van der Waals surface area (Å²) in [4.78, 5) is 4.69. The maximum atomic E-state index is 13.0. The summed E-state index contributed by atoms with van der Waals surface area (Å²) < 4.78 is 26.4. The molecule has 0 bridgehead atoms. The van der Waals surface area contributed by atoms with E-state index in [1.165, 1.54) is 0 Å². The zero-order valence-corrected chi connectivity index (χ0v) is 14.8. The van der Waals surface area contributed by atoms with Gasteiger partial charge in [-0.3, -0.25) is 0 Å². The number of hydrogen-bond donors (Lipinski definition) is 1. The van der Waals surface area contributed by atoms with E-state index < -0.39 is 14.5 Å². The van der Waals surface area contributed by atoms with Crippen LogP contribution in [-0.4, -0.2) is 13.9 Å². The summed E-state index contributed by atoms with van der Waals surface area (Å²) in [6.07, 6.45) is 0. The zero-order chi connectivity index (χ0) is 16.2. The minimum absolute atomic E-state index is 0.247. The van der Waals surface area contributed by atoms with Gasteiger partial charge in [0.1, 0.15) is 10.4 Å². The predicted octanol–water partition coefficient (Wildman–Crippen LogP) is 4.98. The SMILES string of the molecule is CC(C)(C)c1nc2ccc(Cl)c(S(=N)(=O)C(C)(C)C)c2o1. The van der Waals surface area contributed by atoms with E-state index in [0.717, 1.165) is 0 Å². The Hall–Kier alpha value is -1.07. The fraction of sp³-hybridized carbons (Fsp3) is 0.533. The van der Waals surface area contributed by atoms with Crippen molar-refractivity contribution in [1.82, 2.24) is 4.98 Å². The number of fused-ring (bicyclic) bond motifs is 1. The minimum Gasteiger partial charge on any atom is -0.439 e. The van der Waals surface area contributed by atoms with Crippen LogP contribution in [0.2, 0.25) is 5.02 Å². The number of nitrogens with zero attached hydrogens (tertiary/aromatic N) is 1. The van der Waals surface area contributed by atoms with Gasteiger partial charge in [0.15, 0.2) is 5.58 Å². The second-order valence-corrected chi connectivity index (χ2v) is 10.3. The Morgan fingerprint density at radius 3 is 2.24 bits per heavy atom. The van der Waals surface area contributed by atoms with E-state index in [2.05, 4.69) is 4.98 Å². The van der Waals surface area contributed by atoms with Crippen molar-refractivity contribution >= 4 is 32.4 Å². The molecule has 2 rings (SSSR count). The average molecular weight is 329 g/mol. The smallest absolute Gasteiger partial charge is 0.200 e. The van der Waals surface area contributed by atoms with Crippen molar-refractivity contribution in [2.24, 2.45) is 0 Å². The highest BCUT2D eigenvalue weighted by molar-refractivity contribution is 7.94. The summed E-state index contributed by atoms with van der Waals surface area (Å²) in [5.74, 6) is 0.546. The third-order valence-electron chi connectivity index (χ3n) is 3.26. The van der Waals surface area contributed by atoms with Crippen molar-refractivity contribution in [3.8, 4) is 0 Å². The lowest BCUT2D eigenvalue weighted by Crippen LogP contribution is -2.27. The first-order valence-corrected chi connectivity index (χ1v) is 8.67.